The van der Waals surface area contributed by atoms with Crippen LogP contribution in [0.4, 0.5) is 0 Å². The molecule has 2 unspecified atom stereocenters. The van der Waals surface area contributed by atoms with Crippen molar-refractivity contribution in [3.05, 3.63) is 35.5 Å². The number of hydrogen-bond acceptors (Lipinski definition) is 3. The van der Waals surface area contributed by atoms with Crippen molar-refractivity contribution in [3.8, 4) is 0 Å². The highest BCUT2D eigenvalue weighted by Crippen LogP contribution is 2.41. The van der Waals surface area contributed by atoms with Crippen LogP contribution in [-0.4, -0.2) is 34.9 Å². The lowest BCUT2D eigenvalue weighted by Crippen LogP contribution is -2.49. The Balaban J connectivity index is 1.67. The molecule has 5 heteroatoms. The average Bonchev–Trinajstić information content (AvgIpc) is 2.94. The summed E-state index contributed by atoms with van der Waals surface area (Å²) in [5, 5.41) is 1.25. The summed E-state index contributed by atoms with van der Waals surface area (Å²) in [4.78, 5) is 30.1. The Morgan fingerprint density at radius 2 is 2.17 bits per heavy atom. The molecule has 4 rings (SSSR count). The average molecular weight is 312 g/mol. The summed E-state index contributed by atoms with van der Waals surface area (Å²) in [5.74, 6) is -1.08. The van der Waals surface area contributed by atoms with Gasteiger partial charge in [0.05, 0.1) is 12.6 Å². The van der Waals surface area contributed by atoms with Gasteiger partial charge in [-0.15, -0.1) is 0 Å². The van der Waals surface area contributed by atoms with Gasteiger partial charge in [0.2, 0.25) is 5.91 Å². The van der Waals surface area contributed by atoms with Gasteiger partial charge in [-0.2, -0.15) is 0 Å². The minimum absolute atomic E-state index is 0.0596. The zero-order valence-electron chi connectivity index (χ0n) is 13.2. The molecule has 0 saturated carbocycles. The molecule has 1 amide bonds. The van der Waals surface area contributed by atoms with Crippen molar-refractivity contribution in [2.24, 2.45) is 5.92 Å². The summed E-state index contributed by atoms with van der Waals surface area (Å²) in [6.45, 7) is 2.76. The van der Waals surface area contributed by atoms with Crippen LogP contribution in [0.15, 0.2) is 24.3 Å². The molecule has 2 aliphatic heterocycles. The van der Waals surface area contributed by atoms with E-state index in [4.69, 9.17) is 4.74 Å². The maximum atomic E-state index is 12.7. The molecule has 5 nitrogen and oxygen atoms in total. The Morgan fingerprint density at radius 3 is 3.00 bits per heavy atom. The summed E-state index contributed by atoms with van der Waals surface area (Å²) < 4.78 is 5.05. The second-order valence-electron chi connectivity index (χ2n) is 6.24. The number of nitrogens with one attached hydrogen (secondary N) is 1. The largest absolute Gasteiger partial charge is 0.465 e. The molecular weight excluding hydrogens is 292 g/mol. The molecule has 23 heavy (non-hydrogen) atoms. The number of aromatic amines is 1. The van der Waals surface area contributed by atoms with E-state index in [-0.39, 0.29) is 17.9 Å². The summed E-state index contributed by atoms with van der Waals surface area (Å²) in [6.07, 6.45) is 2.19. The number of carbonyl (C=O) groups excluding carboxylic acids is 2. The number of para-hydroxylation sites is 1. The number of H-pyrrole nitrogens is 1. The lowest BCUT2D eigenvalue weighted by atomic mass is 9.85. The third-order valence-electron chi connectivity index (χ3n) is 5.04. The zero-order valence-corrected chi connectivity index (χ0v) is 13.2. The molecule has 2 aliphatic rings. The number of fused-ring (bicyclic) bond motifs is 5. The normalized spacial score (nSPS) is 23.5. The van der Waals surface area contributed by atoms with E-state index in [1.165, 1.54) is 10.9 Å². The predicted molar refractivity (Wildman–Crippen MR) is 85.8 cm³/mol. The number of amides is 1. The Kier molecular flexibility index (Phi) is 3.36. The molecule has 0 bridgehead atoms. The molecule has 0 radical (unpaired) electrons. The summed E-state index contributed by atoms with van der Waals surface area (Å²) in [5.41, 5.74) is 3.59. The lowest BCUT2D eigenvalue weighted by molar-refractivity contribution is -0.160. The van der Waals surface area contributed by atoms with E-state index in [1.54, 1.807) is 6.92 Å². The molecule has 0 spiro atoms. The quantitative estimate of drug-likeness (QED) is 0.685. The maximum absolute atomic E-state index is 12.7. The van der Waals surface area contributed by atoms with E-state index in [0.29, 0.717) is 19.6 Å². The number of aromatic nitrogens is 1. The maximum Gasteiger partial charge on any atom is 0.318 e. The number of benzene rings is 1. The molecule has 1 aromatic carbocycles. The van der Waals surface area contributed by atoms with Gasteiger partial charge in [-0.1, -0.05) is 18.2 Å². The minimum Gasteiger partial charge on any atom is -0.465 e. The molecule has 2 aromatic rings. The molecular formula is C18H20N2O3. The van der Waals surface area contributed by atoms with Gasteiger partial charge in [0.1, 0.15) is 5.92 Å². The van der Waals surface area contributed by atoms with Crippen LogP contribution in [0.1, 0.15) is 37.1 Å². The number of rotatable bonds is 2. The standard InChI is InChI=1S/C18H20N2O3/c1-2-23-18(22)13-7-8-15-16-12(9-10-20(15)17(13)21)11-5-3-4-6-14(11)19-16/h3-6,13,15,19H,2,7-10H2,1H3. The number of hydrogen-bond donors (Lipinski definition) is 1. The fourth-order valence-electron chi connectivity index (χ4n) is 3.99. The van der Waals surface area contributed by atoms with E-state index in [1.807, 2.05) is 17.0 Å². The predicted octanol–water partition coefficient (Wildman–Crippen LogP) is 2.57. The van der Waals surface area contributed by atoms with Gasteiger partial charge in [0, 0.05) is 23.1 Å². The first-order valence-corrected chi connectivity index (χ1v) is 8.27. The van der Waals surface area contributed by atoms with Gasteiger partial charge in [-0.3, -0.25) is 9.59 Å². The Bertz CT molecular complexity index is 780. The highest BCUT2D eigenvalue weighted by molar-refractivity contribution is 5.99. The molecule has 2 atom stereocenters. The van der Waals surface area contributed by atoms with Gasteiger partial charge in [-0.05, 0) is 37.8 Å². The number of esters is 1. The van der Waals surface area contributed by atoms with E-state index in [9.17, 15) is 9.59 Å². The monoisotopic (exact) mass is 312 g/mol. The van der Waals surface area contributed by atoms with Gasteiger partial charge >= 0.3 is 5.97 Å². The SMILES string of the molecule is CCOC(=O)C1CCC2c3[nH]c4ccccc4c3CCN2C1=O. The van der Waals surface area contributed by atoms with Gasteiger partial charge in [-0.25, -0.2) is 0 Å². The summed E-state index contributed by atoms with van der Waals surface area (Å²) >= 11 is 0. The molecule has 3 heterocycles. The number of ether oxygens (including phenoxy) is 1. The fourth-order valence-corrected chi connectivity index (χ4v) is 3.99. The zero-order chi connectivity index (χ0) is 16.0. The van der Waals surface area contributed by atoms with Crippen molar-refractivity contribution in [1.82, 2.24) is 9.88 Å². The van der Waals surface area contributed by atoms with E-state index >= 15 is 0 Å². The van der Waals surface area contributed by atoms with Crippen LogP contribution in [0.25, 0.3) is 10.9 Å². The smallest absolute Gasteiger partial charge is 0.318 e. The Labute approximate surface area is 134 Å². The third kappa shape index (κ3) is 2.14. The molecule has 1 fully saturated rings. The first-order chi connectivity index (χ1) is 11.2. The van der Waals surface area contributed by atoms with Crippen LogP contribution >= 0.6 is 0 Å². The molecule has 1 aromatic heterocycles. The number of carbonyl (C=O) groups is 2. The molecule has 0 aliphatic carbocycles. The molecule has 1 N–H and O–H groups in total. The lowest BCUT2D eigenvalue weighted by Gasteiger charge is -2.41. The van der Waals surface area contributed by atoms with Crippen LogP contribution in [0.5, 0.6) is 0 Å². The second-order valence-corrected chi connectivity index (χ2v) is 6.24. The van der Waals surface area contributed by atoms with E-state index < -0.39 is 5.92 Å². The first-order valence-electron chi connectivity index (χ1n) is 8.27. The van der Waals surface area contributed by atoms with Crippen molar-refractivity contribution in [2.45, 2.75) is 32.2 Å². The third-order valence-corrected chi connectivity index (χ3v) is 5.04. The summed E-state index contributed by atoms with van der Waals surface area (Å²) in [6, 6.07) is 8.33. The topological polar surface area (TPSA) is 62.4 Å². The van der Waals surface area contributed by atoms with Crippen LogP contribution < -0.4 is 0 Å². The van der Waals surface area contributed by atoms with Crippen LogP contribution in [0.2, 0.25) is 0 Å². The Morgan fingerprint density at radius 1 is 1.35 bits per heavy atom. The summed E-state index contributed by atoms with van der Waals surface area (Å²) in [7, 11) is 0. The molecule has 120 valence electrons. The van der Waals surface area contributed by atoms with Gasteiger partial charge < -0.3 is 14.6 Å². The first kappa shape index (κ1) is 14.3. The van der Waals surface area contributed by atoms with Crippen molar-refractivity contribution < 1.29 is 14.3 Å². The minimum atomic E-state index is -0.628. The highest BCUT2D eigenvalue weighted by Gasteiger charge is 2.43. The van der Waals surface area contributed by atoms with Crippen LogP contribution in [-0.2, 0) is 20.7 Å². The van der Waals surface area contributed by atoms with Crippen molar-refractivity contribution in [3.63, 3.8) is 0 Å². The fraction of sp³-hybridized carbons (Fsp3) is 0.444. The second kappa shape index (κ2) is 5.41. The molecule has 1 saturated heterocycles. The highest BCUT2D eigenvalue weighted by atomic mass is 16.5. The van der Waals surface area contributed by atoms with Crippen LogP contribution in [0, 0.1) is 5.92 Å². The number of nitrogens with zero attached hydrogens (tertiary/aromatic N) is 1. The van der Waals surface area contributed by atoms with Crippen LogP contribution in [0.3, 0.4) is 0 Å². The van der Waals surface area contributed by atoms with Gasteiger partial charge in [0.25, 0.3) is 0 Å². The van der Waals surface area contributed by atoms with E-state index in [0.717, 1.165) is 24.1 Å². The van der Waals surface area contributed by atoms with E-state index in [2.05, 4.69) is 17.1 Å². The van der Waals surface area contributed by atoms with Crippen molar-refractivity contribution in [2.75, 3.05) is 13.2 Å². The van der Waals surface area contributed by atoms with Gasteiger partial charge in [0.15, 0.2) is 0 Å². The number of piperidine rings is 1. The van der Waals surface area contributed by atoms with Crippen molar-refractivity contribution >= 4 is 22.8 Å². The Hall–Kier alpha value is -2.30. The van der Waals surface area contributed by atoms with Crippen molar-refractivity contribution in [1.29, 1.82) is 0 Å².